The first-order chi connectivity index (χ1) is 8.08. The lowest BCUT2D eigenvalue weighted by atomic mass is 10.2. The van der Waals surface area contributed by atoms with Gasteiger partial charge in [-0.3, -0.25) is 0 Å². The second-order valence-electron chi connectivity index (χ2n) is 3.64. The molecule has 1 rings (SSSR count). The van der Waals surface area contributed by atoms with E-state index in [9.17, 15) is 4.79 Å². The van der Waals surface area contributed by atoms with Crippen molar-refractivity contribution in [2.24, 2.45) is 0 Å². The van der Waals surface area contributed by atoms with Crippen LogP contribution in [0.5, 0.6) is 5.75 Å². The number of ether oxygens (including phenoxy) is 1. The highest BCUT2D eigenvalue weighted by molar-refractivity contribution is 9.10. The number of hydrogen-bond donors (Lipinski definition) is 2. The Labute approximate surface area is 109 Å². The molecule has 1 unspecified atom stereocenters. The number of aliphatic carboxylic acids is 1. The van der Waals surface area contributed by atoms with Crippen LogP contribution in [0.1, 0.15) is 18.9 Å². The largest absolute Gasteiger partial charge is 0.479 e. The normalized spacial score (nSPS) is 12.2. The fourth-order valence-corrected chi connectivity index (χ4v) is 1.86. The molecule has 0 bridgehead atoms. The van der Waals surface area contributed by atoms with Crippen LogP contribution in [0.3, 0.4) is 0 Å². The van der Waals surface area contributed by atoms with Crippen LogP contribution in [-0.2, 0) is 11.3 Å². The predicted octanol–water partition coefficient (Wildman–Crippen LogP) is 2.41. The zero-order chi connectivity index (χ0) is 12.8. The molecule has 0 radical (unpaired) electrons. The van der Waals surface area contributed by atoms with Gasteiger partial charge in [0.1, 0.15) is 5.75 Å². The summed E-state index contributed by atoms with van der Waals surface area (Å²) in [5, 5.41) is 12.0. The van der Waals surface area contributed by atoms with Crippen molar-refractivity contribution in [1.29, 1.82) is 0 Å². The van der Waals surface area contributed by atoms with E-state index in [2.05, 4.69) is 21.2 Å². The molecule has 0 amide bonds. The number of carboxylic acid groups (broad SMARTS) is 1. The molecule has 1 atom stereocenters. The molecule has 0 saturated heterocycles. The van der Waals surface area contributed by atoms with Crippen LogP contribution < -0.4 is 10.1 Å². The lowest BCUT2D eigenvalue weighted by molar-refractivity contribution is -0.145. The Bertz CT molecular complexity index is 395. The van der Waals surface area contributed by atoms with Crippen molar-refractivity contribution >= 4 is 21.9 Å². The van der Waals surface area contributed by atoms with E-state index >= 15 is 0 Å². The Kier molecular flexibility index (Phi) is 5.44. The van der Waals surface area contributed by atoms with Gasteiger partial charge in [0.15, 0.2) is 6.10 Å². The van der Waals surface area contributed by atoms with Crippen LogP contribution in [-0.4, -0.2) is 24.2 Å². The third-order valence-corrected chi connectivity index (χ3v) is 2.80. The molecule has 1 aromatic rings. The zero-order valence-corrected chi connectivity index (χ0v) is 11.5. The summed E-state index contributed by atoms with van der Waals surface area (Å²) in [4.78, 5) is 10.9. The molecule has 0 aliphatic rings. The summed E-state index contributed by atoms with van der Waals surface area (Å²) in [6, 6.07) is 5.53. The Hall–Kier alpha value is -1.07. The van der Waals surface area contributed by atoms with Crippen molar-refractivity contribution < 1.29 is 14.6 Å². The quantitative estimate of drug-likeness (QED) is 0.847. The van der Waals surface area contributed by atoms with Gasteiger partial charge >= 0.3 is 5.97 Å². The summed E-state index contributed by atoms with van der Waals surface area (Å²) in [5.41, 5.74) is 0.932. The Morgan fingerprint density at radius 1 is 1.59 bits per heavy atom. The predicted molar refractivity (Wildman–Crippen MR) is 69.2 cm³/mol. The molecule has 0 spiro atoms. The lowest BCUT2D eigenvalue weighted by Gasteiger charge is -2.16. The number of nitrogens with one attached hydrogen (secondary N) is 1. The zero-order valence-electron chi connectivity index (χ0n) is 9.87. The van der Waals surface area contributed by atoms with Crippen molar-refractivity contribution in [3.05, 3.63) is 28.2 Å². The number of benzene rings is 1. The van der Waals surface area contributed by atoms with Crippen LogP contribution in [0.4, 0.5) is 0 Å². The van der Waals surface area contributed by atoms with Crippen LogP contribution in [0, 0.1) is 0 Å². The van der Waals surface area contributed by atoms with Gasteiger partial charge in [-0.1, -0.05) is 22.9 Å². The molecule has 0 aliphatic carbocycles. The van der Waals surface area contributed by atoms with Crippen molar-refractivity contribution in [2.45, 2.75) is 26.0 Å². The minimum Gasteiger partial charge on any atom is -0.479 e. The van der Waals surface area contributed by atoms with Gasteiger partial charge in [-0.05, 0) is 31.7 Å². The van der Waals surface area contributed by atoms with Crippen molar-refractivity contribution in [2.75, 3.05) is 7.05 Å². The van der Waals surface area contributed by atoms with Gasteiger partial charge in [0.2, 0.25) is 0 Å². The highest BCUT2D eigenvalue weighted by Gasteiger charge is 2.18. The minimum absolute atomic E-state index is 0.435. The molecule has 17 heavy (non-hydrogen) atoms. The summed E-state index contributed by atoms with van der Waals surface area (Å²) in [7, 11) is 1.83. The summed E-state index contributed by atoms with van der Waals surface area (Å²) in [6.45, 7) is 2.42. The third-order valence-electron chi connectivity index (χ3n) is 2.31. The molecule has 1 aromatic carbocycles. The lowest BCUT2D eigenvalue weighted by Crippen LogP contribution is -2.26. The second kappa shape index (κ2) is 6.61. The fourth-order valence-electron chi connectivity index (χ4n) is 1.45. The maximum atomic E-state index is 10.9. The first-order valence-corrected chi connectivity index (χ1v) is 6.20. The maximum Gasteiger partial charge on any atom is 0.344 e. The van der Waals surface area contributed by atoms with Crippen LogP contribution in [0.15, 0.2) is 22.7 Å². The molecular weight excluding hydrogens is 286 g/mol. The molecule has 0 aromatic heterocycles. The van der Waals surface area contributed by atoms with E-state index in [1.54, 1.807) is 13.0 Å². The molecule has 5 heteroatoms. The average Bonchev–Trinajstić information content (AvgIpc) is 2.28. The fraction of sp³-hybridized carbons (Fsp3) is 0.417. The van der Waals surface area contributed by atoms with Gasteiger partial charge < -0.3 is 15.2 Å². The van der Waals surface area contributed by atoms with E-state index < -0.39 is 12.1 Å². The first-order valence-electron chi connectivity index (χ1n) is 5.41. The van der Waals surface area contributed by atoms with E-state index in [4.69, 9.17) is 9.84 Å². The smallest absolute Gasteiger partial charge is 0.344 e. The maximum absolute atomic E-state index is 10.9. The highest BCUT2D eigenvalue weighted by Crippen LogP contribution is 2.24. The third kappa shape index (κ3) is 4.02. The number of halogens is 1. The molecule has 0 aliphatic heterocycles. The number of carboxylic acids is 1. The van der Waals surface area contributed by atoms with Gasteiger partial charge in [-0.25, -0.2) is 4.79 Å². The standard InChI is InChI=1S/C12H16BrNO3/c1-3-10(12(15)16)17-11-5-4-9(13)6-8(11)7-14-2/h4-6,10,14H,3,7H2,1-2H3,(H,15,16). The Morgan fingerprint density at radius 2 is 2.29 bits per heavy atom. The van der Waals surface area contributed by atoms with Gasteiger partial charge in [0.25, 0.3) is 0 Å². The van der Waals surface area contributed by atoms with E-state index in [1.165, 1.54) is 0 Å². The first kappa shape index (κ1) is 14.0. The van der Waals surface area contributed by atoms with Crippen molar-refractivity contribution in [3.63, 3.8) is 0 Å². The van der Waals surface area contributed by atoms with Crippen LogP contribution >= 0.6 is 15.9 Å². The monoisotopic (exact) mass is 301 g/mol. The van der Waals surface area contributed by atoms with Gasteiger partial charge in [-0.15, -0.1) is 0 Å². The molecule has 4 nitrogen and oxygen atoms in total. The van der Waals surface area contributed by atoms with Crippen molar-refractivity contribution in [1.82, 2.24) is 5.32 Å². The average molecular weight is 302 g/mol. The minimum atomic E-state index is -0.939. The summed E-state index contributed by atoms with van der Waals surface area (Å²) in [5.74, 6) is -0.331. The van der Waals surface area contributed by atoms with Crippen LogP contribution in [0.25, 0.3) is 0 Å². The van der Waals surface area contributed by atoms with E-state index in [0.29, 0.717) is 18.7 Å². The van der Waals surface area contributed by atoms with Gasteiger partial charge in [0, 0.05) is 16.6 Å². The van der Waals surface area contributed by atoms with Crippen molar-refractivity contribution in [3.8, 4) is 5.75 Å². The summed E-state index contributed by atoms with van der Waals surface area (Å²) >= 11 is 3.38. The molecule has 0 fully saturated rings. The van der Waals surface area contributed by atoms with Crippen LogP contribution in [0.2, 0.25) is 0 Å². The number of rotatable bonds is 6. The van der Waals surface area contributed by atoms with Gasteiger partial charge in [0.05, 0.1) is 0 Å². The molecule has 0 saturated carbocycles. The second-order valence-corrected chi connectivity index (χ2v) is 4.55. The number of carbonyl (C=O) groups is 1. The molecule has 2 N–H and O–H groups in total. The topological polar surface area (TPSA) is 58.6 Å². The summed E-state index contributed by atoms with van der Waals surface area (Å²) < 4.78 is 6.45. The SMILES string of the molecule is CCC(Oc1ccc(Br)cc1CNC)C(=O)O. The molecule has 0 heterocycles. The molecular formula is C12H16BrNO3. The van der Waals surface area contributed by atoms with E-state index in [0.717, 1.165) is 10.0 Å². The molecule has 94 valence electrons. The van der Waals surface area contributed by atoms with E-state index in [-0.39, 0.29) is 0 Å². The Morgan fingerprint density at radius 3 is 2.82 bits per heavy atom. The summed E-state index contributed by atoms with van der Waals surface area (Å²) in [6.07, 6.45) is -0.364. The Balaban J connectivity index is 2.92. The van der Waals surface area contributed by atoms with Gasteiger partial charge in [-0.2, -0.15) is 0 Å². The number of hydrogen-bond acceptors (Lipinski definition) is 3. The highest BCUT2D eigenvalue weighted by atomic mass is 79.9. The van der Waals surface area contributed by atoms with E-state index in [1.807, 2.05) is 19.2 Å².